The number of ether oxygens (including phenoxy) is 1. The first kappa shape index (κ1) is 20.1. The largest absolute Gasteiger partial charge is 0.444 e. The van der Waals surface area contributed by atoms with Crippen LogP contribution in [0.3, 0.4) is 0 Å². The number of hydrogen-bond donors (Lipinski definition) is 1. The molecule has 1 amide bonds. The molecule has 0 unspecified atom stereocenters. The molecule has 3 heterocycles. The molecule has 27 heavy (non-hydrogen) atoms. The smallest absolute Gasteiger partial charge is 0.410 e. The van der Waals surface area contributed by atoms with Crippen LogP contribution in [0, 0.1) is 0 Å². The van der Waals surface area contributed by atoms with Gasteiger partial charge in [0.2, 0.25) is 0 Å². The average molecular weight is 378 g/mol. The van der Waals surface area contributed by atoms with Crippen molar-refractivity contribution in [3.63, 3.8) is 0 Å². The number of carbonyl (C=O) groups is 1. The maximum Gasteiger partial charge on any atom is 0.410 e. The van der Waals surface area contributed by atoms with E-state index in [9.17, 15) is 4.79 Å². The number of likely N-dealkylation sites (tertiary alicyclic amines) is 1. The van der Waals surface area contributed by atoms with E-state index >= 15 is 0 Å². The van der Waals surface area contributed by atoms with Crippen LogP contribution >= 0.6 is 0 Å². The van der Waals surface area contributed by atoms with Crippen LogP contribution in [0.2, 0.25) is 0 Å². The Hall–Kier alpha value is -1.63. The molecule has 0 spiro atoms. The first-order chi connectivity index (χ1) is 12.8. The Morgan fingerprint density at radius 3 is 2.81 bits per heavy atom. The number of aromatic nitrogens is 3. The van der Waals surface area contributed by atoms with Gasteiger partial charge in [0, 0.05) is 38.5 Å². The van der Waals surface area contributed by atoms with Gasteiger partial charge in [0.25, 0.3) is 0 Å². The van der Waals surface area contributed by atoms with E-state index in [2.05, 4.69) is 27.0 Å². The number of carbonyl (C=O) groups excluding carboxylic acids is 1. The van der Waals surface area contributed by atoms with Gasteiger partial charge in [0.1, 0.15) is 17.2 Å². The molecule has 2 aliphatic rings. The number of rotatable bonds is 5. The predicted octanol–water partition coefficient (Wildman–Crippen LogP) is 2.92. The van der Waals surface area contributed by atoms with E-state index < -0.39 is 5.60 Å². The van der Waals surface area contributed by atoms with Crippen LogP contribution in [0.4, 0.5) is 4.79 Å². The van der Waals surface area contributed by atoms with Crippen molar-refractivity contribution in [3.8, 4) is 0 Å². The SMILES string of the molecule is C[C@H](NCCc1nnc2n1CCCCC2)[C@H]1CCCN1C(=O)OC(C)(C)C. The van der Waals surface area contributed by atoms with Crippen molar-refractivity contribution in [3.05, 3.63) is 11.6 Å². The van der Waals surface area contributed by atoms with Gasteiger partial charge in [-0.15, -0.1) is 10.2 Å². The number of nitrogens with zero attached hydrogens (tertiary/aromatic N) is 4. The summed E-state index contributed by atoms with van der Waals surface area (Å²) in [5.74, 6) is 2.23. The summed E-state index contributed by atoms with van der Waals surface area (Å²) in [6, 6.07) is 0.418. The van der Waals surface area contributed by atoms with Crippen molar-refractivity contribution in [2.24, 2.45) is 0 Å². The second kappa shape index (κ2) is 8.59. The van der Waals surface area contributed by atoms with Gasteiger partial charge >= 0.3 is 6.09 Å². The molecule has 152 valence electrons. The van der Waals surface area contributed by atoms with Crippen molar-refractivity contribution < 1.29 is 9.53 Å². The predicted molar refractivity (Wildman–Crippen MR) is 105 cm³/mol. The summed E-state index contributed by atoms with van der Waals surface area (Å²) in [6.45, 7) is 10.6. The number of fused-ring (bicyclic) bond motifs is 1. The Morgan fingerprint density at radius 1 is 1.22 bits per heavy atom. The third-order valence-electron chi connectivity index (χ3n) is 5.51. The fraction of sp³-hybridized carbons (Fsp3) is 0.850. The van der Waals surface area contributed by atoms with Crippen LogP contribution in [0.5, 0.6) is 0 Å². The van der Waals surface area contributed by atoms with E-state index in [-0.39, 0.29) is 18.2 Å². The van der Waals surface area contributed by atoms with E-state index in [1.807, 2.05) is 25.7 Å². The molecule has 7 nitrogen and oxygen atoms in total. The minimum Gasteiger partial charge on any atom is -0.444 e. The van der Waals surface area contributed by atoms with Crippen LogP contribution in [0.25, 0.3) is 0 Å². The van der Waals surface area contributed by atoms with Crippen LogP contribution in [0.1, 0.15) is 71.4 Å². The Morgan fingerprint density at radius 2 is 2.04 bits per heavy atom. The third kappa shape index (κ3) is 5.21. The second-order valence-electron chi connectivity index (χ2n) is 8.87. The first-order valence-corrected chi connectivity index (χ1v) is 10.5. The van der Waals surface area contributed by atoms with Crippen molar-refractivity contribution >= 4 is 6.09 Å². The molecular formula is C20H35N5O2. The summed E-state index contributed by atoms with van der Waals surface area (Å²) >= 11 is 0. The van der Waals surface area contributed by atoms with Gasteiger partial charge in [-0.05, 0) is 53.4 Å². The molecule has 7 heteroatoms. The summed E-state index contributed by atoms with van der Waals surface area (Å²) in [4.78, 5) is 14.4. The Balaban J connectivity index is 1.51. The molecule has 1 fully saturated rings. The highest BCUT2D eigenvalue weighted by molar-refractivity contribution is 5.69. The number of hydrogen-bond acceptors (Lipinski definition) is 5. The maximum absolute atomic E-state index is 12.5. The minimum atomic E-state index is -0.452. The van der Waals surface area contributed by atoms with Gasteiger partial charge in [0.05, 0.1) is 6.04 Å². The molecule has 2 aliphatic heterocycles. The van der Waals surface area contributed by atoms with Crippen LogP contribution in [-0.2, 0) is 24.1 Å². The minimum absolute atomic E-state index is 0.190. The fourth-order valence-electron chi connectivity index (χ4n) is 4.14. The molecule has 3 rings (SSSR count). The molecule has 1 saturated heterocycles. The number of nitrogens with one attached hydrogen (secondary N) is 1. The van der Waals surface area contributed by atoms with Gasteiger partial charge in [-0.1, -0.05) is 6.42 Å². The van der Waals surface area contributed by atoms with Crippen molar-refractivity contribution in [1.29, 1.82) is 0 Å². The first-order valence-electron chi connectivity index (χ1n) is 10.5. The lowest BCUT2D eigenvalue weighted by molar-refractivity contribution is 0.0201. The van der Waals surface area contributed by atoms with Gasteiger partial charge in [0.15, 0.2) is 0 Å². The quantitative estimate of drug-likeness (QED) is 0.854. The van der Waals surface area contributed by atoms with E-state index in [1.54, 1.807) is 0 Å². The van der Waals surface area contributed by atoms with Gasteiger partial charge in [-0.25, -0.2) is 4.79 Å². The van der Waals surface area contributed by atoms with Crippen molar-refractivity contribution in [2.45, 2.75) is 96.9 Å². The molecule has 0 bridgehead atoms. The highest BCUT2D eigenvalue weighted by Crippen LogP contribution is 2.23. The lowest BCUT2D eigenvalue weighted by Gasteiger charge is -2.32. The molecule has 1 aromatic heterocycles. The molecule has 1 aromatic rings. The Bertz CT molecular complexity index is 637. The van der Waals surface area contributed by atoms with Crippen molar-refractivity contribution in [2.75, 3.05) is 13.1 Å². The van der Waals surface area contributed by atoms with Crippen molar-refractivity contribution in [1.82, 2.24) is 25.0 Å². The summed E-state index contributed by atoms with van der Waals surface area (Å²) < 4.78 is 7.88. The topological polar surface area (TPSA) is 72.3 Å². The van der Waals surface area contributed by atoms with Crippen LogP contribution < -0.4 is 5.32 Å². The van der Waals surface area contributed by atoms with E-state index in [4.69, 9.17) is 4.74 Å². The van der Waals surface area contributed by atoms with Gasteiger partial charge in [-0.3, -0.25) is 0 Å². The molecule has 1 N–H and O–H groups in total. The highest BCUT2D eigenvalue weighted by Gasteiger charge is 2.35. The second-order valence-corrected chi connectivity index (χ2v) is 8.87. The maximum atomic E-state index is 12.5. The Labute approximate surface area is 162 Å². The Kier molecular flexibility index (Phi) is 6.40. The summed E-state index contributed by atoms with van der Waals surface area (Å²) in [5, 5.41) is 12.4. The van der Waals surface area contributed by atoms with E-state index in [1.165, 1.54) is 19.3 Å². The lowest BCUT2D eigenvalue weighted by atomic mass is 10.1. The summed E-state index contributed by atoms with van der Waals surface area (Å²) in [6.07, 6.45) is 7.49. The molecule has 2 atom stereocenters. The standard InChI is InChI=1S/C20H35N5O2/c1-15(16-9-8-14-24(16)19(26)27-20(2,3)4)21-12-11-18-23-22-17-10-6-5-7-13-25(17)18/h15-16,21H,5-14H2,1-4H3/t15-,16+/m0/s1. The zero-order valence-corrected chi connectivity index (χ0v) is 17.3. The summed E-state index contributed by atoms with van der Waals surface area (Å²) in [5.41, 5.74) is -0.452. The molecule has 0 aromatic carbocycles. The molecular weight excluding hydrogens is 342 g/mol. The third-order valence-corrected chi connectivity index (χ3v) is 5.51. The van der Waals surface area contributed by atoms with E-state index in [0.29, 0.717) is 0 Å². The fourth-order valence-corrected chi connectivity index (χ4v) is 4.14. The zero-order valence-electron chi connectivity index (χ0n) is 17.3. The van der Waals surface area contributed by atoms with Gasteiger partial charge in [-0.2, -0.15) is 0 Å². The molecule has 0 radical (unpaired) electrons. The zero-order chi connectivity index (χ0) is 19.4. The number of aryl methyl sites for hydroxylation is 1. The van der Waals surface area contributed by atoms with Crippen LogP contribution in [-0.4, -0.2) is 56.5 Å². The molecule has 0 aliphatic carbocycles. The lowest BCUT2D eigenvalue weighted by Crippen LogP contribution is -2.49. The normalized spacial score (nSPS) is 21.6. The molecule has 0 saturated carbocycles. The highest BCUT2D eigenvalue weighted by atomic mass is 16.6. The van der Waals surface area contributed by atoms with E-state index in [0.717, 1.165) is 57.0 Å². The average Bonchev–Trinajstić information content (AvgIpc) is 3.15. The number of amides is 1. The van der Waals surface area contributed by atoms with Crippen LogP contribution in [0.15, 0.2) is 0 Å². The monoisotopic (exact) mass is 377 g/mol. The summed E-state index contributed by atoms with van der Waals surface area (Å²) in [7, 11) is 0. The van der Waals surface area contributed by atoms with Gasteiger partial charge < -0.3 is 19.5 Å².